The molecule has 6 nitrogen and oxygen atoms in total. The number of rotatable bonds is 5. The zero-order chi connectivity index (χ0) is 17.3. The number of hydrogen-bond donors (Lipinski definition) is 1. The molecule has 0 amide bonds. The van der Waals surface area contributed by atoms with Gasteiger partial charge in [-0.3, -0.25) is 9.19 Å². The fourth-order valence-electron chi connectivity index (χ4n) is 2.61. The van der Waals surface area contributed by atoms with E-state index in [0.717, 1.165) is 39.4 Å². The van der Waals surface area contributed by atoms with E-state index >= 15 is 0 Å². The number of methoxy groups -OCH3 is 2. The minimum atomic E-state index is -1.33. The molecular weight excluding hydrogens is 338 g/mol. The maximum absolute atomic E-state index is 12.7. The fraction of sp³-hybridized carbons (Fsp3) is 0.333. The molecule has 3 aromatic rings. The Hall–Kier alpha value is -2.41. The Bertz CT molecular complexity index is 921. The molecule has 0 saturated carbocycles. The van der Waals surface area contributed by atoms with Crippen LogP contribution in [0, 0.1) is 13.8 Å². The highest BCUT2D eigenvalue weighted by Gasteiger charge is 2.16. The summed E-state index contributed by atoms with van der Waals surface area (Å²) in [6.45, 7) is 3.86. The summed E-state index contributed by atoms with van der Waals surface area (Å²) >= 11 is 0. The van der Waals surface area contributed by atoms with Crippen LogP contribution in [0.25, 0.3) is 11.0 Å². The van der Waals surface area contributed by atoms with Gasteiger partial charge in [0.1, 0.15) is 11.5 Å². The summed E-state index contributed by atoms with van der Waals surface area (Å²) < 4.78 is 23.3. The van der Waals surface area contributed by atoms with Crippen molar-refractivity contribution in [1.29, 1.82) is 0 Å². The fourth-order valence-corrected chi connectivity index (χ4v) is 3.71. The first-order chi connectivity index (χ1) is 11.5. The maximum atomic E-state index is 12.7. The molecule has 0 aliphatic heterocycles. The van der Waals surface area contributed by atoms with E-state index in [2.05, 4.69) is 15.0 Å². The van der Waals surface area contributed by atoms with E-state index in [4.69, 9.17) is 9.47 Å². The lowest BCUT2D eigenvalue weighted by molar-refractivity contribution is 0.407. The minimum Gasteiger partial charge on any atom is -0.497 e. The van der Waals surface area contributed by atoms with Gasteiger partial charge in [-0.25, -0.2) is 4.98 Å². The van der Waals surface area contributed by atoms with Gasteiger partial charge in [-0.1, -0.05) is 7.43 Å². The van der Waals surface area contributed by atoms with E-state index in [1.165, 1.54) is 0 Å². The van der Waals surface area contributed by atoms with Gasteiger partial charge < -0.3 is 14.5 Å². The van der Waals surface area contributed by atoms with Crippen molar-refractivity contribution in [3.05, 3.63) is 41.2 Å². The molecule has 3 rings (SSSR count). The normalized spacial score (nSPS) is 11.8. The Morgan fingerprint density at radius 3 is 2.64 bits per heavy atom. The zero-order valence-corrected chi connectivity index (χ0v) is 14.9. The highest BCUT2D eigenvalue weighted by atomic mass is 32.2. The number of benzene rings is 1. The van der Waals surface area contributed by atoms with E-state index in [0.29, 0.717) is 5.16 Å². The predicted octanol–water partition coefficient (Wildman–Crippen LogP) is 3.54. The van der Waals surface area contributed by atoms with Gasteiger partial charge in [0.15, 0.2) is 5.16 Å². The molecule has 0 radical (unpaired) electrons. The van der Waals surface area contributed by atoms with Gasteiger partial charge >= 0.3 is 0 Å². The molecule has 1 atom stereocenters. The Morgan fingerprint density at radius 2 is 1.96 bits per heavy atom. The van der Waals surface area contributed by atoms with Gasteiger partial charge in [-0.05, 0) is 26.0 Å². The third-order valence-electron chi connectivity index (χ3n) is 3.90. The van der Waals surface area contributed by atoms with Gasteiger partial charge in [0.2, 0.25) is 0 Å². The van der Waals surface area contributed by atoms with Crippen LogP contribution in [0.2, 0.25) is 0 Å². The second-order valence-electron chi connectivity index (χ2n) is 5.46. The number of pyridine rings is 1. The summed E-state index contributed by atoms with van der Waals surface area (Å²) in [5.41, 5.74) is 4.16. The first kappa shape index (κ1) is 18.9. The number of H-pyrrole nitrogens is 1. The molecule has 134 valence electrons. The molecule has 2 heterocycles. The van der Waals surface area contributed by atoms with Crippen LogP contribution in [0.15, 0.2) is 29.6 Å². The second-order valence-corrected chi connectivity index (χ2v) is 6.83. The van der Waals surface area contributed by atoms with Gasteiger partial charge in [0.25, 0.3) is 0 Å². The molecule has 25 heavy (non-hydrogen) atoms. The van der Waals surface area contributed by atoms with E-state index in [1.54, 1.807) is 20.4 Å². The second kappa shape index (κ2) is 7.65. The van der Waals surface area contributed by atoms with Crippen molar-refractivity contribution in [2.75, 3.05) is 14.2 Å². The lowest BCUT2D eigenvalue weighted by Crippen LogP contribution is -2.05. The highest BCUT2D eigenvalue weighted by molar-refractivity contribution is 7.84. The monoisotopic (exact) mass is 361 g/mol. The van der Waals surface area contributed by atoms with E-state index in [1.807, 2.05) is 32.0 Å². The number of fused-ring (bicyclic) bond motifs is 1. The number of imidazole rings is 1. The molecule has 1 N–H and O–H groups in total. The Kier molecular flexibility index (Phi) is 5.79. The Balaban J connectivity index is 0.00000225. The van der Waals surface area contributed by atoms with Crippen molar-refractivity contribution in [2.24, 2.45) is 0 Å². The van der Waals surface area contributed by atoms with Gasteiger partial charge in [-0.2, -0.15) is 0 Å². The number of nitrogens with one attached hydrogen (secondary N) is 1. The van der Waals surface area contributed by atoms with Crippen molar-refractivity contribution in [3.63, 3.8) is 0 Å². The summed E-state index contributed by atoms with van der Waals surface area (Å²) in [6, 6.07) is 5.50. The van der Waals surface area contributed by atoms with Crippen LogP contribution in [0.3, 0.4) is 0 Å². The number of nitrogens with zero attached hydrogens (tertiary/aromatic N) is 2. The smallest absolute Gasteiger partial charge is 0.197 e. The molecule has 0 spiro atoms. The van der Waals surface area contributed by atoms with Crippen LogP contribution >= 0.6 is 0 Å². The first-order valence-corrected chi connectivity index (χ1v) is 8.76. The average molecular weight is 361 g/mol. The van der Waals surface area contributed by atoms with Crippen LogP contribution < -0.4 is 9.47 Å². The molecule has 0 aliphatic rings. The number of hydrogen-bond acceptors (Lipinski definition) is 5. The van der Waals surface area contributed by atoms with Crippen LogP contribution in [0.4, 0.5) is 0 Å². The quantitative estimate of drug-likeness (QED) is 0.752. The molecule has 2 aromatic heterocycles. The SMILES string of the molecule is C.COc1ccc2nc(S(=O)Cc3ncc(C)c(OC)c3C)[nH]c2c1. The third kappa shape index (κ3) is 3.66. The van der Waals surface area contributed by atoms with Crippen molar-refractivity contribution in [1.82, 2.24) is 15.0 Å². The van der Waals surface area contributed by atoms with Gasteiger partial charge in [-0.15, -0.1) is 0 Å². The van der Waals surface area contributed by atoms with Crippen molar-refractivity contribution < 1.29 is 13.7 Å². The van der Waals surface area contributed by atoms with E-state index in [-0.39, 0.29) is 13.2 Å². The summed E-state index contributed by atoms with van der Waals surface area (Å²) in [6.07, 6.45) is 1.74. The number of aryl methyl sites for hydroxylation is 1. The molecule has 7 heteroatoms. The molecule has 1 unspecified atom stereocenters. The van der Waals surface area contributed by atoms with Crippen LogP contribution in [-0.2, 0) is 16.6 Å². The minimum absolute atomic E-state index is 0. The topological polar surface area (TPSA) is 77.1 Å². The standard InChI is InChI=1S/C17H19N3O3S.CH4/c1-10-8-18-15(11(2)16(10)23-4)9-24(21)17-19-13-6-5-12(22-3)7-14(13)20-17;/h5-8H,9H2,1-4H3,(H,19,20);1H4. The zero-order valence-electron chi connectivity index (χ0n) is 14.0. The number of aromatic amines is 1. The summed E-state index contributed by atoms with van der Waals surface area (Å²) in [5, 5.41) is 0.430. The molecule has 0 fully saturated rings. The van der Waals surface area contributed by atoms with Crippen molar-refractivity contribution in [3.8, 4) is 11.5 Å². The van der Waals surface area contributed by atoms with Gasteiger partial charge in [0.05, 0.1) is 47.5 Å². The molecular formula is C18H23N3O3S. The molecule has 0 bridgehead atoms. The summed E-state index contributed by atoms with van der Waals surface area (Å²) in [7, 11) is 1.91. The van der Waals surface area contributed by atoms with Crippen LogP contribution in [0.1, 0.15) is 24.2 Å². The van der Waals surface area contributed by atoms with Crippen LogP contribution in [0.5, 0.6) is 11.5 Å². The van der Waals surface area contributed by atoms with Crippen LogP contribution in [-0.4, -0.2) is 33.4 Å². The predicted molar refractivity (Wildman–Crippen MR) is 99.8 cm³/mol. The number of aromatic nitrogens is 3. The largest absolute Gasteiger partial charge is 0.497 e. The van der Waals surface area contributed by atoms with Gasteiger partial charge in [0, 0.05) is 23.4 Å². The molecule has 0 saturated heterocycles. The van der Waals surface area contributed by atoms with E-state index in [9.17, 15) is 4.21 Å². The third-order valence-corrected chi connectivity index (χ3v) is 5.06. The maximum Gasteiger partial charge on any atom is 0.197 e. The average Bonchev–Trinajstić information content (AvgIpc) is 3.01. The van der Waals surface area contributed by atoms with E-state index < -0.39 is 10.8 Å². The van der Waals surface area contributed by atoms with Crippen molar-refractivity contribution >= 4 is 21.8 Å². The lowest BCUT2D eigenvalue weighted by Gasteiger charge is -2.11. The Labute approximate surface area is 150 Å². The van der Waals surface area contributed by atoms with Crippen molar-refractivity contribution in [2.45, 2.75) is 32.2 Å². The lowest BCUT2D eigenvalue weighted by atomic mass is 10.1. The summed E-state index contributed by atoms with van der Waals surface area (Å²) in [5.74, 6) is 1.79. The molecule has 1 aromatic carbocycles. The first-order valence-electron chi connectivity index (χ1n) is 7.44. The highest BCUT2D eigenvalue weighted by Crippen LogP contribution is 2.26. The Morgan fingerprint density at radius 1 is 1.20 bits per heavy atom. The summed E-state index contributed by atoms with van der Waals surface area (Å²) in [4.78, 5) is 11.9. The number of ether oxygens (including phenoxy) is 2. The molecule has 0 aliphatic carbocycles.